The molecule has 1 aromatic heterocycles. The number of nitrogens with two attached hydrogens (primary N) is 1. The number of primary amides is 1. The number of anilines is 1. The Kier molecular flexibility index (Phi) is 5.14. The summed E-state index contributed by atoms with van der Waals surface area (Å²) in [6.07, 6.45) is 4.64. The van der Waals surface area contributed by atoms with Crippen LogP contribution in [0.5, 0.6) is 5.75 Å². The SMILES string of the molecule is Cc1cc(-c2ccnc(NC(=O)C3C4CC3C4C(N)=O)c2)ccc1OC1CCOCC1. The summed E-state index contributed by atoms with van der Waals surface area (Å²) in [4.78, 5) is 28.3. The van der Waals surface area contributed by atoms with Gasteiger partial charge in [0.2, 0.25) is 11.8 Å². The van der Waals surface area contributed by atoms with Gasteiger partial charge in [-0.15, -0.1) is 0 Å². The molecule has 6 rings (SSSR count). The van der Waals surface area contributed by atoms with Crippen molar-refractivity contribution in [2.75, 3.05) is 18.5 Å². The summed E-state index contributed by atoms with van der Waals surface area (Å²) in [5, 5.41) is 2.92. The lowest BCUT2D eigenvalue weighted by Gasteiger charge is -2.62. The summed E-state index contributed by atoms with van der Waals surface area (Å²) >= 11 is 0. The predicted octanol–water partition coefficient (Wildman–Crippen LogP) is 2.92. The molecule has 1 aromatic carbocycles. The lowest BCUT2D eigenvalue weighted by Crippen LogP contribution is -2.67. The van der Waals surface area contributed by atoms with Gasteiger partial charge in [-0.25, -0.2) is 4.98 Å². The minimum absolute atomic E-state index is 0.0696. The molecule has 162 valence electrons. The van der Waals surface area contributed by atoms with Gasteiger partial charge in [-0.3, -0.25) is 9.59 Å². The Morgan fingerprint density at radius 3 is 2.52 bits per heavy atom. The zero-order valence-corrected chi connectivity index (χ0v) is 17.5. The van der Waals surface area contributed by atoms with Crippen LogP contribution in [0.1, 0.15) is 24.8 Å². The average Bonchev–Trinajstić information content (AvgIpc) is 2.68. The molecule has 31 heavy (non-hydrogen) atoms. The van der Waals surface area contributed by atoms with Crippen molar-refractivity contribution in [3.8, 4) is 16.9 Å². The number of aryl methyl sites for hydroxylation is 1. The molecule has 3 aliphatic carbocycles. The van der Waals surface area contributed by atoms with E-state index in [0.29, 0.717) is 5.82 Å². The third-order valence-corrected chi connectivity index (χ3v) is 7.00. The van der Waals surface area contributed by atoms with E-state index in [1.54, 1.807) is 6.20 Å². The number of pyridine rings is 1. The molecule has 2 amide bonds. The molecule has 0 spiro atoms. The zero-order chi connectivity index (χ0) is 21.5. The van der Waals surface area contributed by atoms with Crippen molar-refractivity contribution in [2.24, 2.45) is 29.4 Å². The van der Waals surface area contributed by atoms with Crippen LogP contribution in [0, 0.1) is 30.6 Å². The Morgan fingerprint density at radius 2 is 1.84 bits per heavy atom. The molecule has 7 heteroatoms. The highest BCUT2D eigenvalue weighted by molar-refractivity contribution is 5.96. The first-order valence-electron chi connectivity index (χ1n) is 10.9. The van der Waals surface area contributed by atoms with E-state index in [-0.39, 0.29) is 41.6 Å². The molecule has 4 aliphatic rings. The third-order valence-electron chi connectivity index (χ3n) is 7.00. The molecule has 7 nitrogen and oxygen atoms in total. The molecule has 2 bridgehead atoms. The maximum absolute atomic E-state index is 12.6. The number of hydrogen-bond acceptors (Lipinski definition) is 5. The second kappa shape index (κ2) is 7.96. The molecule has 2 atom stereocenters. The van der Waals surface area contributed by atoms with Crippen molar-refractivity contribution in [1.82, 2.24) is 4.98 Å². The highest BCUT2D eigenvalue weighted by Crippen LogP contribution is 2.63. The molecule has 2 heterocycles. The largest absolute Gasteiger partial charge is 0.490 e. The van der Waals surface area contributed by atoms with Crippen LogP contribution < -0.4 is 15.8 Å². The van der Waals surface area contributed by atoms with Gasteiger partial charge in [0.05, 0.1) is 13.2 Å². The maximum atomic E-state index is 12.6. The van der Waals surface area contributed by atoms with E-state index >= 15 is 0 Å². The van der Waals surface area contributed by atoms with Crippen LogP contribution in [-0.4, -0.2) is 36.1 Å². The summed E-state index contributed by atoms with van der Waals surface area (Å²) < 4.78 is 11.6. The van der Waals surface area contributed by atoms with Gasteiger partial charge < -0.3 is 20.5 Å². The van der Waals surface area contributed by atoms with E-state index in [2.05, 4.69) is 16.4 Å². The normalized spacial score (nSPS) is 27.0. The Bertz CT molecular complexity index is 1010. The minimum atomic E-state index is -0.287. The van der Waals surface area contributed by atoms with Gasteiger partial charge in [-0.1, -0.05) is 6.07 Å². The summed E-state index contributed by atoms with van der Waals surface area (Å²) in [6, 6.07) is 9.93. The maximum Gasteiger partial charge on any atom is 0.229 e. The molecule has 4 fully saturated rings. The summed E-state index contributed by atoms with van der Waals surface area (Å²) in [5.74, 6) is 1.00. The Morgan fingerprint density at radius 1 is 1.10 bits per heavy atom. The molecule has 2 unspecified atom stereocenters. The number of amides is 2. The first-order valence-corrected chi connectivity index (χ1v) is 10.9. The van der Waals surface area contributed by atoms with Gasteiger partial charge in [0.25, 0.3) is 0 Å². The van der Waals surface area contributed by atoms with Crippen LogP contribution in [0.15, 0.2) is 36.5 Å². The van der Waals surface area contributed by atoms with Gasteiger partial charge in [-0.05, 0) is 66.1 Å². The molecule has 3 N–H and O–H groups in total. The van der Waals surface area contributed by atoms with Gasteiger partial charge in [0.1, 0.15) is 17.7 Å². The summed E-state index contributed by atoms with van der Waals surface area (Å²) in [6.45, 7) is 3.54. The topological polar surface area (TPSA) is 104 Å². The first-order chi connectivity index (χ1) is 15.0. The van der Waals surface area contributed by atoms with Crippen LogP contribution in [-0.2, 0) is 14.3 Å². The lowest BCUT2D eigenvalue weighted by molar-refractivity contribution is -0.182. The number of carbonyl (C=O) groups is 2. The fourth-order valence-electron chi connectivity index (χ4n) is 5.08. The number of nitrogens with zero attached hydrogens (tertiary/aromatic N) is 1. The molecule has 1 aliphatic heterocycles. The van der Waals surface area contributed by atoms with E-state index in [0.717, 1.165) is 54.9 Å². The Hall–Kier alpha value is -2.93. The lowest BCUT2D eigenvalue weighted by atomic mass is 9.41. The van der Waals surface area contributed by atoms with Crippen molar-refractivity contribution in [2.45, 2.75) is 32.3 Å². The van der Waals surface area contributed by atoms with Crippen molar-refractivity contribution in [3.05, 3.63) is 42.1 Å². The van der Waals surface area contributed by atoms with Crippen molar-refractivity contribution in [1.29, 1.82) is 0 Å². The highest BCUT2D eigenvalue weighted by Gasteiger charge is 2.66. The first kappa shape index (κ1) is 20.0. The average molecular weight is 421 g/mol. The number of ether oxygens (including phenoxy) is 2. The fraction of sp³-hybridized carbons (Fsp3) is 0.458. The van der Waals surface area contributed by atoms with E-state index in [9.17, 15) is 9.59 Å². The number of nitrogens with one attached hydrogen (secondary N) is 1. The number of hydrogen-bond donors (Lipinski definition) is 2. The van der Waals surface area contributed by atoms with Crippen molar-refractivity contribution in [3.63, 3.8) is 0 Å². The predicted molar refractivity (Wildman–Crippen MR) is 115 cm³/mol. The molecular weight excluding hydrogens is 394 g/mol. The smallest absolute Gasteiger partial charge is 0.229 e. The van der Waals surface area contributed by atoms with E-state index in [1.165, 1.54) is 0 Å². The minimum Gasteiger partial charge on any atom is -0.490 e. The number of benzene rings is 1. The van der Waals surface area contributed by atoms with Crippen LogP contribution >= 0.6 is 0 Å². The van der Waals surface area contributed by atoms with Crippen LogP contribution in [0.2, 0.25) is 0 Å². The molecule has 3 saturated carbocycles. The van der Waals surface area contributed by atoms with Gasteiger partial charge in [-0.2, -0.15) is 0 Å². The number of aromatic nitrogens is 1. The molecule has 0 radical (unpaired) electrons. The Labute approximate surface area is 181 Å². The molecular formula is C24H27N3O4. The summed E-state index contributed by atoms with van der Waals surface area (Å²) in [5.41, 5.74) is 8.47. The van der Waals surface area contributed by atoms with Crippen molar-refractivity contribution < 1.29 is 19.1 Å². The van der Waals surface area contributed by atoms with Crippen molar-refractivity contribution >= 4 is 17.6 Å². The highest BCUT2D eigenvalue weighted by atomic mass is 16.5. The second-order valence-corrected chi connectivity index (χ2v) is 8.85. The molecule has 2 aromatic rings. The standard InChI is InChI=1S/C24H27N3O4/c1-13-10-14(2-3-19(13)31-16-5-8-30-9-6-16)15-4-7-26-20(11-15)27-24(29)22-17-12-18(22)21(17)23(25)28/h2-4,7,10-11,16-18,21-22H,5-6,8-9,12H2,1H3,(H2,25,28)(H,26,27,29). The van der Waals surface area contributed by atoms with Crippen LogP contribution in [0.3, 0.4) is 0 Å². The van der Waals surface area contributed by atoms with Gasteiger partial charge in [0.15, 0.2) is 0 Å². The zero-order valence-electron chi connectivity index (χ0n) is 17.5. The molecule has 1 saturated heterocycles. The quantitative estimate of drug-likeness (QED) is 0.746. The number of carbonyl (C=O) groups excluding carboxylic acids is 2. The number of rotatable bonds is 6. The van der Waals surface area contributed by atoms with E-state index < -0.39 is 0 Å². The summed E-state index contributed by atoms with van der Waals surface area (Å²) in [7, 11) is 0. The van der Waals surface area contributed by atoms with Crippen LogP contribution in [0.4, 0.5) is 5.82 Å². The second-order valence-electron chi connectivity index (χ2n) is 8.85. The Balaban J connectivity index is 1.25. The van der Waals surface area contributed by atoms with E-state index in [4.69, 9.17) is 15.2 Å². The van der Waals surface area contributed by atoms with Crippen LogP contribution in [0.25, 0.3) is 11.1 Å². The van der Waals surface area contributed by atoms with E-state index in [1.807, 2.05) is 31.2 Å². The monoisotopic (exact) mass is 421 g/mol. The van der Waals surface area contributed by atoms with Gasteiger partial charge >= 0.3 is 0 Å². The third kappa shape index (κ3) is 3.67. The fourth-order valence-corrected chi connectivity index (χ4v) is 5.08. The van der Waals surface area contributed by atoms with Gasteiger partial charge in [0, 0.05) is 30.9 Å².